The Morgan fingerprint density at radius 2 is 2.35 bits per heavy atom. The van der Waals surface area contributed by atoms with Gasteiger partial charge in [-0.15, -0.1) is 0 Å². The van der Waals surface area contributed by atoms with Gasteiger partial charge in [0.1, 0.15) is 5.82 Å². The van der Waals surface area contributed by atoms with Gasteiger partial charge < -0.3 is 10.1 Å². The SMILES string of the molecule is CC(Nc1cc(F)cc(C#N)c1)C1CCOC1. The highest BCUT2D eigenvalue weighted by Gasteiger charge is 2.22. The van der Waals surface area contributed by atoms with Gasteiger partial charge in [0.2, 0.25) is 0 Å². The summed E-state index contributed by atoms with van der Waals surface area (Å²) < 4.78 is 18.5. The summed E-state index contributed by atoms with van der Waals surface area (Å²) in [4.78, 5) is 0. The van der Waals surface area contributed by atoms with Gasteiger partial charge in [-0.05, 0) is 31.5 Å². The lowest BCUT2D eigenvalue weighted by atomic mass is 10.0. The molecule has 2 rings (SSSR count). The fourth-order valence-corrected chi connectivity index (χ4v) is 2.07. The third-order valence-corrected chi connectivity index (χ3v) is 3.09. The van der Waals surface area contributed by atoms with Gasteiger partial charge in [0, 0.05) is 24.3 Å². The predicted octanol–water partition coefficient (Wildman–Crippen LogP) is 2.53. The third-order valence-electron chi connectivity index (χ3n) is 3.09. The molecule has 1 N–H and O–H groups in total. The minimum absolute atomic E-state index is 0.214. The van der Waals surface area contributed by atoms with Crippen LogP contribution in [0.1, 0.15) is 18.9 Å². The van der Waals surface area contributed by atoms with Crippen molar-refractivity contribution in [3.63, 3.8) is 0 Å². The van der Waals surface area contributed by atoms with Crippen LogP contribution < -0.4 is 5.32 Å². The Labute approximate surface area is 100 Å². The Hall–Kier alpha value is -1.60. The molecular weight excluding hydrogens is 219 g/mol. The summed E-state index contributed by atoms with van der Waals surface area (Å²) in [6.45, 7) is 3.59. The zero-order chi connectivity index (χ0) is 12.3. The van der Waals surface area contributed by atoms with Crippen LogP contribution in [0.5, 0.6) is 0 Å². The highest BCUT2D eigenvalue weighted by atomic mass is 19.1. The van der Waals surface area contributed by atoms with Crippen molar-refractivity contribution in [2.24, 2.45) is 5.92 Å². The minimum Gasteiger partial charge on any atom is -0.382 e. The number of ether oxygens (including phenoxy) is 1. The van der Waals surface area contributed by atoms with E-state index in [0.717, 1.165) is 19.6 Å². The molecule has 0 aliphatic carbocycles. The Bertz CT molecular complexity index is 436. The van der Waals surface area contributed by atoms with Gasteiger partial charge in [-0.2, -0.15) is 5.26 Å². The first-order valence-electron chi connectivity index (χ1n) is 5.74. The Morgan fingerprint density at radius 1 is 1.53 bits per heavy atom. The number of anilines is 1. The molecule has 1 heterocycles. The first kappa shape index (κ1) is 11.9. The molecule has 17 heavy (non-hydrogen) atoms. The van der Waals surface area contributed by atoms with Crippen LogP contribution in [-0.2, 0) is 4.74 Å². The summed E-state index contributed by atoms with van der Waals surface area (Å²) >= 11 is 0. The molecule has 4 heteroatoms. The smallest absolute Gasteiger partial charge is 0.126 e. The van der Waals surface area contributed by atoms with E-state index in [1.807, 2.05) is 6.07 Å². The first-order chi connectivity index (χ1) is 8.19. The van der Waals surface area contributed by atoms with E-state index in [1.165, 1.54) is 12.1 Å². The topological polar surface area (TPSA) is 45.0 Å². The lowest BCUT2D eigenvalue weighted by molar-refractivity contribution is 0.183. The molecule has 0 saturated carbocycles. The predicted molar refractivity (Wildman–Crippen MR) is 63.1 cm³/mol. The second kappa shape index (κ2) is 5.15. The second-order valence-electron chi connectivity index (χ2n) is 4.40. The average Bonchev–Trinajstić information content (AvgIpc) is 2.81. The van der Waals surface area contributed by atoms with Gasteiger partial charge in [0.15, 0.2) is 0 Å². The summed E-state index contributed by atoms with van der Waals surface area (Å²) in [5.74, 6) is 0.0604. The van der Waals surface area contributed by atoms with E-state index in [0.29, 0.717) is 17.2 Å². The van der Waals surface area contributed by atoms with Crippen molar-refractivity contribution >= 4 is 5.69 Å². The van der Waals surface area contributed by atoms with E-state index in [2.05, 4.69) is 12.2 Å². The van der Waals surface area contributed by atoms with Crippen LogP contribution in [0.4, 0.5) is 10.1 Å². The number of benzene rings is 1. The van der Waals surface area contributed by atoms with Crippen molar-refractivity contribution in [1.82, 2.24) is 0 Å². The fourth-order valence-electron chi connectivity index (χ4n) is 2.07. The fraction of sp³-hybridized carbons (Fsp3) is 0.462. The Kier molecular flexibility index (Phi) is 3.60. The molecule has 1 aliphatic rings. The normalized spacial score (nSPS) is 20.9. The number of nitrogens with one attached hydrogen (secondary N) is 1. The molecular formula is C13H15FN2O. The maximum absolute atomic E-state index is 13.2. The monoisotopic (exact) mass is 234 g/mol. The number of rotatable bonds is 3. The number of nitriles is 1. The molecule has 2 unspecified atom stereocenters. The maximum atomic E-state index is 13.2. The summed E-state index contributed by atoms with van der Waals surface area (Å²) in [5.41, 5.74) is 0.989. The molecule has 1 aliphatic heterocycles. The van der Waals surface area contributed by atoms with Gasteiger partial charge in [0.25, 0.3) is 0 Å². The molecule has 90 valence electrons. The van der Waals surface area contributed by atoms with Crippen molar-refractivity contribution in [3.05, 3.63) is 29.6 Å². The lowest BCUT2D eigenvalue weighted by Crippen LogP contribution is -2.26. The standard InChI is InChI=1S/C13H15FN2O/c1-9(11-2-3-17-8-11)16-13-5-10(7-15)4-12(14)6-13/h4-6,9,11,16H,2-3,8H2,1H3. The molecule has 0 spiro atoms. The second-order valence-corrected chi connectivity index (χ2v) is 4.40. The summed E-state index contributed by atoms with van der Waals surface area (Å²) in [7, 11) is 0. The van der Waals surface area contributed by atoms with E-state index in [1.54, 1.807) is 6.07 Å². The van der Waals surface area contributed by atoms with Gasteiger partial charge in [0.05, 0.1) is 18.2 Å². The highest BCUT2D eigenvalue weighted by molar-refractivity contribution is 5.50. The summed E-state index contributed by atoms with van der Waals surface area (Å²) in [5, 5.41) is 12.0. The Morgan fingerprint density at radius 3 is 3.00 bits per heavy atom. The van der Waals surface area contributed by atoms with Gasteiger partial charge >= 0.3 is 0 Å². The number of hydrogen-bond donors (Lipinski definition) is 1. The van der Waals surface area contributed by atoms with Crippen molar-refractivity contribution in [2.75, 3.05) is 18.5 Å². The number of hydrogen-bond acceptors (Lipinski definition) is 3. The zero-order valence-electron chi connectivity index (χ0n) is 9.74. The molecule has 2 atom stereocenters. The van der Waals surface area contributed by atoms with Crippen LogP contribution in [-0.4, -0.2) is 19.3 Å². The van der Waals surface area contributed by atoms with E-state index in [4.69, 9.17) is 10.00 Å². The van der Waals surface area contributed by atoms with Crippen LogP contribution in [0.2, 0.25) is 0 Å². The van der Waals surface area contributed by atoms with Gasteiger partial charge in [-0.3, -0.25) is 0 Å². The van der Waals surface area contributed by atoms with E-state index in [-0.39, 0.29) is 11.9 Å². The Balaban J connectivity index is 2.07. The molecule has 1 saturated heterocycles. The summed E-state index contributed by atoms with van der Waals surface area (Å²) in [6.07, 6.45) is 1.02. The van der Waals surface area contributed by atoms with Crippen molar-refractivity contribution in [1.29, 1.82) is 5.26 Å². The molecule has 1 fully saturated rings. The quantitative estimate of drug-likeness (QED) is 0.874. The molecule has 0 radical (unpaired) electrons. The van der Waals surface area contributed by atoms with Crippen LogP contribution in [0.3, 0.4) is 0 Å². The lowest BCUT2D eigenvalue weighted by Gasteiger charge is -2.20. The molecule has 3 nitrogen and oxygen atoms in total. The van der Waals surface area contributed by atoms with Crippen molar-refractivity contribution in [3.8, 4) is 6.07 Å². The molecule has 1 aromatic carbocycles. The van der Waals surface area contributed by atoms with E-state index in [9.17, 15) is 4.39 Å². The molecule has 1 aromatic rings. The van der Waals surface area contributed by atoms with Crippen LogP contribution in [0.15, 0.2) is 18.2 Å². The van der Waals surface area contributed by atoms with Crippen molar-refractivity contribution in [2.45, 2.75) is 19.4 Å². The highest BCUT2D eigenvalue weighted by Crippen LogP contribution is 2.21. The van der Waals surface area contributed by atoms with E-state index < -0.39 is 0 Å². The first-order valence-corrected chi connectivity index (χ1v) is 5.74. The van der Waals surface area contributed by atoms with Gasteiger partial charge in [-0.1, -0.05) is 0 Å². The zero-order valence-corrected chi connectivity index (χ0v) is 9.74. The van der Waals surface area contributed by atoms with Crippen LogP contribution in [0, 0.1) is 23.1 Å². The van der Waals surface area contributed by atoms with E-state index >= 15 is 0 Å². The van der Waals surface area contributed by atoms with Crippen molar-refractivity contribution < 1.29 is 9.13 Å². The number of nitrogens with zero attached hydrogens (tertiary/aromatic N) is 1. The maximum Gasteiger partial charge on any atom is 0.126 e. The average molecular weight is 234 g/mol. The molecule has 0 aromatic heterocycles. The molecule has 0 bridgehead atoms. The number of halogens is 1. The van der Waals surface area contributed by atoms with Crippen LogP contribution >= 0.6 is 0 Å². The summed E-state index contributed by atoms with van der Waals surface area (Å²) in [6, 6.07) is 6.46. The minimum atomic E-state index is -0.388. The molecule has 0 amide bonds. The third kappa shape index (κ3) is 2.95. The van der Waals surface area contributed by atoms with Gasteiger partial charge in [-0.25, -0.2) is 4.39 Å². The van der Waals surface area contributed by atoms with Crippen LogP contribution in [0.25, 0.3) is 0 Å². The largest absolute Gasteiger partial charge is 0.382 e.